The lowest BCUT2D eigenvalue weighted by Crippen LogP contribution is -2.28. The van der Waals surface area contributed by atoms with Gasteiger partial charge >= 0.3 is 0 Å². The molecule has 0 saturated carbocycles. The summed E-state index contributed by atoms with van der Waals surface area (Å²) in [7, 11) is 6.03. The SMILES string of the molecule is CC(C)C(C(=O)CCCN(C)C)c1ccc(-c2ccc3c(c2)N(C)CCO3)[nH]c1=O. The summed E-state index contributed by atoms with van der Waals surface area (Å²) in [5.74, 6) is 0.679. The highest BCUT2D eigenvalue weighted by Gasteiger charge is 2.26. The summed E-state index contributed by atoms with van der Waals surface area (Å²) in [6.45, 7) is 6.37. The molecule has 0 bridgehead atoms. The zero-order valence-electron chi connectivity index (χ0n) is 18.7. The minimum atomic E-state index is -0.381. The number of H-pyrrole nitrogens is 1. The standard InChI is InChI=1S/C24H33N3O3/c1-16(2)23(21(28)7-6-12-26(3)4)18-9-10-19(25-24(18)29)17-8-11-22-20(15-17)27(5)13-14-30-22/h8-11,15-16,23H,6-7,12-14H2,1-5H3,(H,25,29). The number of fused-ring (bicyclic) bond motifs is 1. The normalized spacial score (nSPS) is 14.6. The first-order chi connectivity index (χ1) is 14.3. The number of hydrogen-bond acceptors (Lipinski definition) is 5. The second-order valence-electron chi connectivity index (χ2n) is 8.70. The number of carbonyl (C=O) groups is 1. The first kappa shape index (κ1) is 22.1. The van der Waals surface area contributed by atoms with E-state index in [0.717, 1.165) is 42.2 Å². The molecule has 1 atom stereocenters. The Morgan fingerprint density at radius 2 is 2.00 bits per heavy atom. The van der Waals surface area contributed by atoms with Crippen LogP contribution in [0.4, 0.5) is 5.69 Å². The first-order valence-corrected chi connectivity index (χ1v) is 10.7. The molecule has 3 rings (SSSR count). The third kappa shape index (κ3) is 4.93. The van der Waals surface area contributed by atoms with E-state index in [-0.39, 0.29) is 23.2 Å². The average molecular weight is 412 g/mol. The summed E-state index contributed by atoms with van der Waals surface area (Å²) in [6.07, 6.45) is 1.29. The van der Waals surface area contributed by atoms with Crippen LogP contribution in [-0.4, -0.2) is 56.5 Å². The molecule has 1 aliphatic rings. The number of ketones is 1. The predicted octanol–water partition coefficient (Wildman–Crippen LogP) is 3.52. The number of aromatic nitrogens is 1. The number of hydrogen-bond donors (Lipinski definition) is 1. The third-order valence-corrected chi connectivity index (χ3v) is 5.68. The zero-order valence-corrected chi connectivity index (χ0v) is 18.7. The molecule has 6 heteroatoms. The predicted molar refractivity (Wildman–Crippen MR) is 122 cm³/mol. The summed E-state index contributed by atoms with van der Waals surface area (Å²) >= 11 is 0. The van der Waals surface area contributed by atoms with Gasteiger partial charge in [0.05, 0.1) is 18.2 Å². The maximum atomic E-state index is 12.9. The summed E-state index contributed by atoms with van der Waals surface area (Å²) < 4.78 is 5.70. The summed E-state index contributed by atoms with van der Waals surface area (Å²) in [6, 6.07) is 9.66. The van der Waals surface area contributed by atoms with Crippen molar-refractivity contribution in [1.29, 1.82) is 0 Å². The van der Waals surface area contributed by atoms with Gasteiger partial charge in [-0.3, -0.25) is 9.59 Å². The van der Waals surface area contributed by atoms with Crippen molar-refractivity contribution >= 4 is 11.5 Å². The Hall–Kier alpha value is -2.60. The Bertz CT molecular complexity index is 949. The minimum absolute atomic E-state index is 0.0679. The van der Waals surface area contributed by atoms with Crippen molar-refractivity contribution in [3.05, 3.63) is 46.2 Å². The Labute approximate surface area is 178 Å². The molecule has 1 unspecified atom stereocenters. The number of carbonyl (C=O) groups excluding carboxylic acids is 1. The van der Waals surface area contributed by atoms with Crippen LogP contribution in [-0.2, 0) is 4.79 Å². The van der Waals surface area contributed by atoms with Crippen LogP contribution in [0, 0.1) is 5.92 Å². The van der Waals surface area contributed by atoms with E-state index in [1.165, 1.54) is 0 Å². The van der Waals surface area contributed by atoms with Crippen molar-refractivity contribution < 1.29 is 9.53 Å². The Balaban J connectivity index is 1.86. The van der Waals surface area contributed by atoms with Gasteiger partial charge in [-0.05, 0) is 57.2 Å². The fraction of sp³-hybridized carbons (Fsp3) is 0.500. The maximum Gasteiger partial charge on any atom is 0.252 e. The summed E-state index contributed by atoms with van der Waals surface area (Å²) in [5, 5.41) is 0. The van der Waals surface area contributed by atoms with Gasteiger partial charge in [-0.15, -0.1) is 0 Å². The molecule has 0 radical (unpaired) electrons. The van der Waals surface area contributed by atoms with Crippen molar-refractivity contribution in [2.75, 3.05) is 45.7 Å². The van der Waals surface area contributed by atoms with E-state index in [1.54, 1.807) is 0 Å². The lowest BCUT2D eigenvalue weighted by molar-refractivity contribution is -0.121. The molecular formula is C24H33N3O3. The maximum absolute atomic E-state index is 12.9. The van der Waals surface area contributed by atoms with Gasteiger partial charge in [0.1, 0.15) is 18.1 Å². The number of nitrogens with one attached hydrogen (secondary N) is 1. The molecule has 1 aromatic heterocycles. The number of rotatable bonds is 8. The average Bonchev–Trinajstić information content (AvgIpc) is 2.69. The fourth-order valence-electron chi connectivity index (χ4n) is 4.05. The molecule has 0 saturated heterocycles. The van der Waals surface area contributed by atoms with Gasteiger partial charge in [-0.2, -0.15) is 0 Å². The van der Waals surface area contributed by atoms with Gasteiger partial charge in [-0.1, -0.05) is 19.9 Å². The third-order valence-electron chi connectivity index (χ3n) is 5.68. The highest BCUT2D eigenvalue weighted by Crippen LogP contribution is 2.34. The Morgan fingerprint density at radius 1 is 1.23 bits per heavy atom. The molecule has 2 aromatic rings. The lowest BCUT2D eigenvalue weighted by Gasteiger charge is -2.28. The second kappa shape index (κ2) is 9.47. The monoisotopic (exact) mass is 411 g/mol. The highest BCUT2D eigenvalue weighted by molar-refractivity contribution is 5.86. The van der Waals surface area contributed by atoms with Gasteiger partial charge < -0.3 is 19.5 Å². The molecule has 1 aromatic carbocycles. The van der Waals surface area contributed by atoms with Crippen LogP contribution in [0.15, 0.2) is 35.1 Å². The largest absolute Gasteiger partial charge is 0.490 e. The lowest BCUT2D eigenvalue weighted by atomic mass is 9.83. The Morgan fingerprint density at radius 3 is 2.67 bits per heavy atom. The molecule has 0 spiro atoms. The van der Waals surface area contributed by atoms with Crippen molar-refractivity contribution in [2.24, 2.45) is 5.92 Å². The number of benzene rings is 1. The van der Waals surface area contributed by atoms with Gasteiger partial charge in [0, 0.05) is 30.3 Å². The number of nitrogens with zero attached hydrogens (tertiary/aromatic N) is 2. The molecule has 6 nitrogen and oxygen atoms in total. The van der Waals surface area contributed by atoms with E-state index in [0.29, 0.717) is 18.6 Å². The number of pyridine rings is 1. The Kier molecular flexibility index (Phi) is 6.98. The smallest absolute Gasteiger partial charge is 0.252 e. The van der Waals surface area contributed by atoms with Crippen molar-refractivity contribution in [2.45, 2.75) is 32.6 Å². The minimum Gasteiger partial charge on any atom is -0.490 e. The van der Waals surface area contributed by atoms with Gasteiger partial charge in [0.25, 0.3) is 5.56 Å². The van der Waals surface area contributed by atoms with Crippen LogP contribution < -0.4 is 15.2 Å². The first-order valence-electron chi connectivity index (χ1n) is 10.7. The number of anilines is 1. The summed E-state index contributed by atoms with van der Waals surface area (Å²) in [4.78, 5) is 33.0. The molecule has 0 fully saturated rings. The van der Waals surface area contributed by atoms with Crippen molar-refractivity contribution in [3.8, 4) is 17.0 Å². The van der Waals surface area contributed by atoms with Crippen LogP contribution >= 0.6 is 0 Å². The number of aromatic amines is 1. The highest BCUT2D eigenvalue weighted by atomic mass is 16.5. The van der Waals surface area contributed by atoms with E-state index in [9.17, 15) is 9.59 Å². The molecule has 30 heavy (non-hydrogen) atoms. The van der Waals surface area contributed by atoms with Crippen LogP contribution in [0.3, 0.4) is 0 Å². The van der Waals surface area contributed by atoms with E-state index >= 15 is 0 Å². The van der Waals surface area contributed by atoms with Crippen LogP contribution in [0.25, 0.3) is 11.3 Å². The van der Waals surface area contributed by atoms with E-state index in [1.807, 2.05) is 65.3 Å². The second-order valence-corrected chi connectivity index (χ2v) is 8.70. The molecule has 1 N–H and O–H groups in total. The number of Topliss-reactive ketones (excluding diaryl/α,β-unsaturated/α-hetero) is 1. The zero-order chi connectivity index (χ0) is 21.8. The molecule has 1 aliphatic heterocycles. The quantitative estimate of drug-likeness (QED) is 0.720. The van der Waals surface area contributed by atoms with Crippen LogP contribution in [0.1, 0.15) is 38.2 Å². The topological polar surface area (TPSA) is 65.6 Å². The molecule has 162 valence electrons. The fourth-order valence-corrected chi connectivity index (χ4v) is 4.05. The molecular weight excluding hydrogens is 378 g/mol. The van der Waals surface area contributed by atoms with Gasteiger partial charge in [-0.25, -0.2) is 0 Å². The molecule has 2 heterocycles. The van der Waals surface area contributed by atoms with Gasteiger partial charge in [0.15, 0.2) is 0 Å². The molecule has 0 aliphatic carbocycles. The summed E-state index contributed by atoms with van der Waals surface area (Å²) in [5.41, 5.74) is 3.05. The van der Waals surface area contributed by atoms with E-state index < -0.39 is 0 Å². The molecule has 0 amide bonds. The van der Waals surface area contributed by atoms with E-state index in [2.05, 4.69) is 14.8 Å². The van der Waals surface area contributed by atoms with Crippen molar-refractivity contribution in [3.63, 3.8) is 0 Å². The van der Waals surface area contributed by atoms with Crippen LogP contribution in [0.5, 0.6) is 5.75 Å². The van der Waals surface area contributed by atoms with E-state index in [4.69, 9.17) is 4.74 Å². The van der Waals surface area contributed by atoms with Crippen molar-refractivity contribution in [1.82, 2.24) is 9.88 Å². The van der Waals surface area contributed by atoms with Crippen LogP contribution in [0.2, 0.25) is 0 Å². The van der Waals surface area contributed by atoms with Gasteiger partial charge in [0.2, 0.25) is 0 Å². The number of ether oxygens (including phenoxy) is 1. The number of likely N-dealkylation sites (N-methyl/N-ethyl adjacent to an activating group) is 1.